The van der Waals surface area contributed by atoms with Gasteiger partial charge in [0.15, 0.2) is 6.61 Å². The molecule has 36 heavy (non-hydrogen) atoms. The van der Waals surface area contributed by atoms with E-state index in [9.17, 15) is 9.59 Å². The molecule has 0 atom stereocenters. The summed E-state index contributed by atoms with van der Waals surface area (Å²) < 4.78 is 12.2. The molecule has 5 rings (SSSR count). The van der Waals surface area contributed by atoms with Crippen molar-refractivity contribution in [1.29, 1.82) is 0 Å². The molecule has 0 radical (unpaired) electrons. The van der Waals surface area contributed by atoms with E-state index in [-0.39, 0.29) is 6.61 Å². The number of benzene rings is 4. The van der Waals surface area contributed by atoms with Crippen LogP contribution >= 0.6 is 22.9 Å². The second-order valence-corrected chi connectivity index (χ2v) is 9.16. The van der Waals surface area contributed by atoms with E-state index in [2.05, 4.69) is 10.5 Å². The first-order chi connectivity index (χ1) is 17.6. The molecule has 0 bridgehead atoms. The van der Waals surface area contributed by atoms with Crippen LogP contribution in [0.15, 0.2) is 96.1 Å². The van der Waals surface area contributed by atoms with Crippen LogP contribution in [-0.4, -0.2) is 24.7 Å². The predicted octanol–water partition coefficient (Wildman–Crippen LogP) is 6.46. The molecule has 0 unspecified atom stereocenters. The van der Waals surface area contributed by atoms with E-state index in [0.717, 1.165) is 20.9 Å². The van der Waals surface area contributed by atoms with Crippen LogP contribution in [0, 0.1) is 0 Å². The lowest BCUT2D eigenvalue weighted by Crippen LogP contribution is -2.24. The molecule has 1 heterocycles. The van der Waals surface area contributed by atoms with Gasteiger partial charge in [-0.25, -0.2) is 10.2 Å². The third kappa shape index (κ3) is 5.07. The number of ether oxygens (including phenoxy) is 2. The average Bonchev–Trinajstić information content (AvgIpc) is 3.25. The molecule has 4 aromatic carbocycles. The second-order valence-electron chi connectivity index (χ2n) is 7.73. The van der Waals surface area contributed by atoms with Gasteiger partial charge in [0, 0.05) is 21.0 Å². The first-order valence-electron chi connectivity index (χ1n) is 11.0. The molecule has 1 N–H and O–H groups in total. The highest BCUT2D eigenvalue weighted by molar-refractivity contribution is 7.21. The number of nitrogens with one attached hydrogen (secondary N) is 1. The Balaban J connectivity index is 1.23. The van der Waals surface area contributed by atoms with Gasteiger partial charge in [0.1, 0.15) is 16.4 Å². The van der Waals surface area contributed by atoms with Crippen molar-refractivity contribution in [3.05, 3.63) is 106 Å². The number of hydrazone groups is 1. The van der Waals surface area contributed by atoms with Crippen molar-refractivity contribution < 1.29 is 19.1 Å². The molecule has 0 fully saturated rings. The first kappa shape index (κ1) is 23.5. The molecule has 6 nitrogen and oxygen atoms in total. The van der Waals surface area contributed by atoms with E-state index in [0.29, 0.717) is 27.0 Å². The fourth-order valence-corrected chi connectivity index (χ4v) is 5.03. The summed E-state index contributed by atoms with van der Waals surface area (Å²) in [6.45, 7) is -0.202. The molecule has 0 aliphatic rings. The van der Waals surface area contributed by atoms with E-state index in [1.54, 1.807) is 24.3 Å². The molecule has 1 amide bonds. The van der Waals surface area contributed by atoms with Crippen molar-refractivity contribution in [2.45, 2.75) is 0 Å². The highest BCUT2D eigenvalue weighted by Gasteiger charge is 2.19. The van der Waals surface area contributed by atoms with Crippen molar-refractivity contribution >= 4 is 61.9 Å². The van der Waals surface area contributed by atoms with E-state index in [4.69, 9.17) is 21.1 Å². The Labute approximate surface area is 215 Å². The number of halogens is 1. The van der Waals surface area contributed by atoms with Crippen LogP contribution in [0.3, 0.4) is 0 Å². The quantitative estimate of drug-likeness (QED) is 0.117. The van der Waals surface area contributed by atoms with Crippen LogP contribution in [0.1, 0.15) is 15.2 Å². The predicted molar refractivity (Wildman–Crippen MR) is 143 cm³/mol. The third-order valence-electron chi connectivity index (χ3n) is 5.34. The number of nitrogens with zero attached hydrogens (tertiary/aromatic N) is 1. The Hall–Kier alpha value is -4.20. The van der Waals surface area contributed by atoms with Crippen LogP contribution in [-0.2, 0) is 4.79 Å². The maximum atomic E-state index is 12.8. The van der Waals surface area contributed by atoms with Crippen molar-refractivity contribution in [2.75, 3.05) is 6.61 Å². The first-order valence-corrected chi connectivity index (χ1v) is 12.2. The summed E-state index contributed by atoms with van der Waals surface area (Å²) >= 11 is 7.68. The number of esters is 1. The maximum absolute atomic E-state index is 12.8. The van der Waals surface area contributed by atoms with Crippen molar-refractivity contribution in [3.8, 4) is 11.5 Å². The van der Waals surface area contributed by atoms with E-state index in [1.807, 2.05) is 66.7 Å². The number of amides is 1. The minimum Gasteiger partial charge on any atom is -0.483 e. The summed E-state index contributed by atoms with van der Waals surface area (Å²) in [6, 6.07) is 27.8. The second kappa shape index (κ2) is 10.6. The molecule has 0 aliphatic heterocycles. The minimum atomic E-state index is -0.561. The summed E-state index contributed by atoms with van der Waals surface area (Å²) in [6.07, 6.45) is 1.41. The minimum absolute atomic E-state index is 0.202. The summed E-state index contributed by atoms with van der Waals surface area (Å²) in [4.78, 5) is 25.4. The highest BCUT2D eigenvalue weighted by Crippen LogP contribution is 2.36. The van der Waals surface area contributed by atoms with Crippen molar-refractivity contribution in [2.24, 2.45) is 5.10 Å². The number of carbonyl (C=O) groups is 2. The summed E-state index contributed by atoms with van der Waals surface area (Å²) in [5, 5.41) is 7.11. The lowest BCUT2D eigenvalue weighted by molar-refractivity contribution is -0.123. The van der Waals surface area contributed by atoms with E-state index >= 15 is 0 Å². The summed E-state index contributed by atoms with van der Waals surface area (Å²) in [7, 11) is 0. The third-order valence-corrected chi connectivity index (χ3v) is 7.00. The molecule has 8 heteroatoms. The Morgan fingerprint density at radius 2 is 1.56 bits per heavy atom. The van der Waals surface area contributed by atoms with Crippen LogP contribution in [0.5, 0.6) is 11.5 Å². The number of carbonyl (C=O) groups excluding carboxylic acids is 2. The van der Waals surface area contributed by atoms with Gasteiger partial charge in [0.2, 0.25) is 0 Å². The van der Waals surface area contributed by atoms with Gasteiger partial charge < -0.3 is 9.47 Å². The van der Waals surface area contributed by atoms with Crippen molar-refractivity contribution in [3.63, 3.8) is 0 Å². The highest BCUT2D eigenvalue weighted by atomic mass is 35.5. The normalized spacial score (nSPS) is 11.1. The van der Waals surface area contributed by atoms with Crippen molar-refractivity contribution in [1.82, 2.24) is 5.43 Å². The molecular formula is C28H19ClN2O4S. The van der Waals surface area contributed by atoms with Gasteiger partial charge in [0.05, 0.1) is 11.2 Å². The fraction of sp³-hybridized carbons (Fsp3) is 0.0357. The van der Waals surface area contributed by atoms with Crippen LogP contribution in [0.2, 0.25) is 5.02 Å². The molecule has 0 saturated carbocycles. The molecule has 5 aromatic rings. The van der Waals surface area contributed by atoms with Gasteiger partial charge in [-0.05, 0) is 29.7 Å². The lowest BCUT2D eigenvalue weighted by atomic mass is 10.1. The van der Waals surface area contributed by atoms with Gasteiger partial charge in [-0.3, -0.25) is 4.79 Å². The molecule has 178 valence electrons. The molecular weight excluding hydrogens is 496 g/mol. The van der Waals surface area contributed by atoms with Gasteiger partial charge in [-0.1, -0.05) is 78.3 Å². The smallest absolute Gasteiger partial charge is 0.355 e. The van der Waals surface area contributed by atoms with Gasteiger partial charge >= 0.3 is 5.97 Å². The van der Waals surface area contributed by atoms with Crippen LogP contribution in [0.4, 0.5) is 0 Å². The SMILES string of the molecule is O=C(COc1cccc2ccccc12)N/N=C\c1ccccc1OC(=O)c1sc2ccccc2c1Cl. The topological polar surface area (TPSA) is 77.0 Å². The lowest BCUT2D eigenvalue weighted by Gasteiger charge is -2.08. The van der Waals surface area contributed by atoms with Crippen LogP contribution in [0.25, 0.3) is 20.9 Å². The largest absolute Gasteiger partial charge is 0.483 e. The summed E-state index contributed by atoms with van der Waals surface area (Å²) in [5.74, 6) is -0.0781. The van der Waals surface area contributed by atoms with Gasteiger partial charge in [0.25, 0.3) is 5.91 Å². The standard InChI is InChI=1S/C28H19ClN2O4S/c29-26-21-12-4-6-15-24(21)36-27(26)28(33)35-22-13-5-2-9-19(22)16-30-31-25(32)17-34-23-14-7-10-18-8-1-3-11-20(18)23/h1-16H,17H2,(H,31,32)/b30-16-. The zero-order valence-electron chi connectivity index (χ0n) is 18.8. The Morgan fingerprint density at radius 1 is 0.861 bits per heavy atom. The fourth-order valence-electron chi connectivity index (χ4n) is 3.64. The molecule has 0 spiro atoms. The van der Waals surface area contributed by atoms with Gasteiger partial charge in [-0.15, -0.1) is 11.3 Å². The monoisotopic (exact) mass is 514 g/mol. The Morgan fingerprint density at radius 3 is 2.42 bits per heavy atom. The zero-order valence-corrected chi connectivity index (χ0v) is 20.4. The number of para-hydroxylation sites is 1. The summed E-state index contributed by atoms with van der Waals surface area (Å²) in [5.41, 5.74) is 2.95. The number of hydrogen-bond acceptors (Lipinski definition) is 6. The number of rotatable bonds is 7. The number of hydrogen-bond donors (Lipinski definition) is 1. The Kier molecular flexibility index (Phi) is 6.93. The van der Waals surface area contributed by atoms with Gasteiger partial charge in [-0.2, -0.15) is 5.10 Å². The average molecular weight is 515 g/mol. The number of fused-ring (bicyclic) bond motifs is 2. The molecule has 1 aromatic heterocycles. The zero-order chi connectivity index (χ0) is 24.9. The van der Waals surface area contributed by atoms with E-state index in [1.165, 1.54) is 17.6 Å². The van der Waals surface area contributed by atoms with Crippen LogP contribution < -0.4 is 14.9 Å². The molecule has 0 aliphatic carbocycles. The molecule has 0 saturated heterocycles. The van der Waals surface area contributed by atoms with E-state index < -0.39 is 11.9 Å². The Bertz CT molecular complexity index is 1610. The number of thiophene rings is 1. The maximum Gasteiger partial charge on any atom is 0.355 e.